The number of H-pyrrole nitrogens is 1. The lowest BCUT2D eigenvalue weighted by atomic mass is 10.3. The Balaban J connectivity index is 1.78. The lowest BCUT2D eigenvalue weighted by molar-refractivity contribution is -0.115. The van der Waals surface area contributed by atoms with Gasteiger partial charge in [-0.05, 0) is 26.8 Å². The Kier molecular flexibility index (Phi) is 4.52. The molecule has 0 bridgehead atoms. The topological polar surface area (TPSA) is 87.6 Å². The molecule has 1 unspecified atom stereocenters. The first-order valence-corrected chi connectivity index (χ1v) is 6.58. The molecule has 1 amide bonds. The molecule has 20 heavy (non-hydrogen) atoms. The quantitative estimate of drug-likeness (QED) is 0.729. The molecule has 2 heterocycles. The molecule has 7 heteroatoms. The lowest BCUT2D eigenvalue weighted by Gasteiger charge is -2.13. The molecule has 0 aliphatic carbocycles. The minimum Gasteiger partial charge on any atom is -0.322 e. The van der Waals surface area contributed by atoms with Gasteiger partial charge in [0, 0.05) is 18.4 Å². The predicted octanol–water partition coefficient (Wildman–Crippen LogP) is 0.840. The molecule has 1 atom stereocenters. The number of nitrogens with zero attached hydrogens (tertiary/aromatic N) is 3. The van der Waals surface area contributed by atoms with Crippen LogP contribution in [-0.2, 0) is 11.3 Å². The maximum Gasteiger partial charge on any atom is 0.238 e. The number of amides is 1. The Bertz CT molecular complexity index is 540. The summed E-state index contributed by atoms with van der Waals surface area (Å²) < 4.78 is 1.83. The van der Waals surface area contributed by atoms with Crippen LogP contribution < -0.4 is 10.6 Å². The summed E-state index contributed by atoms with van der Waals surface area (Å²) in [5.74, 6) is -0.0788. The second-order valence-corrected chi connectivity index (χ2v) is 4.87. The molecule has 0 aliphatic rings. The monoisotopic (exact) mass is 276 g/mol. The average molecular weight is 276 g/mol. The van der Waals surface area contributed by atoms with Gasteiger partial charge in [0.15, 0.2) is 0 Å². The summed E-state index contributed by atoms with van der Waals surface area (Å²) >= 11 is 0. The normalized spacial score (nSPS) is 12.3. The van der Waals surface area contributed by atoms with E-state index in [4.69, 9.17) is 0 Å². The molecular weight excluding hydrogens is 256 g/mol. The molecule has 0 aliphatic heterocycles. The van der Waals surface area contributed by atoms with Gasteiger partial charge in [-0.15, -0.1) is 0 Å². The second-order valence-electron chi connectivity index (χ2n) is 4.87. The van der Waals surface area contributed by atoms with E-state index in [-0.39, 0.29) is 18.5 Å². The summed E-state index contributed by atoms with van der Waals surface area (Å²) in [6, 6.07) is 2.04. The first kappa shape index (κ1) is 14.3. The van der Waals surface area contributed by atoms with Crippen molar-refractivity contribution in [3.63, 3.8) is 0 Å². The van der Waals surface area contributed by atoms with Crippen LogP contribution in [0.25, 0.3) is 0 Å². The molecule has 3 N–H and O–H groups in total. The predicted molar refractivity (Wildman–Crippen MR) is 76.4 cm³/mol. The van der Waals surface area contributed by atoms with Gasteiger partial charge in [0.25, 0.3) is 0 Å². The molecule has 2 rings (SSSR count). The summed E-state index contributed by atoms with van der Waals surface area (Å²) in [6.07, 6.45) is 3.64. The van der Waals surface area contributed by atoms with Crippen LogP contribution in [0.2, 0.25) is 0 Å². The van der Waals surface area contributed by atoms with Crippen molar-refractivity contribution in [2.75, 3.05) is 11.9 Å². The fraction of sp³-hybridized carbons (Fsp3) is 0.462. The van der Waals surface area contributed by atoms with Gasteiger partial charge in [0.1, 0.15) is 0 Å². The third-order valence-corrected chi connectivity index (χ3v) is 3.02. The van der Waals surface area contributed by atoms with Gasteiger partial charge >= 0.3 is 0 Å². The number of aromatic nitrogens is 4. The summed E-state index contributed by atoms with van der Waals surface area (Å²) in [6.45, 7) is 6.73. The largest absolute Gasteiger partial charge is 0.322 e. The standard InChI is InChI=1S/C13H20N6O/c1-9(8-19-6-4-5-15-19)14-7-12(20)16-13-10(2)17-18-11(13)3/h4-6,9,14H,7-8H2,1-3H3,(H,16,20)(H,17,18). The zero-order chi connectivity index (χ0) is 14.5. The Morgan fingerprint density at radius 3 is 2.90 bits per heavy atom. The Morgan fingerprint density at radius 1 is 1.50 bits per heavy atom. The molecule has 7 nitrogen and oxygen atoms in total. The SMILES string of the molecule is Cc1n[nH]c(C)c1NC(=O)CNC(C)Cn1cccn1. The zero-order valence-corrected chi connectivity index (χ0v) is 12.0. The average Bonchev–Trinajstić information content (AvgIpc) is 3.01. The van der Waals surface area contributed by atoms with E-state index in [1.807, 2.05) is 37.7 Å². The minimum atomic E-state index is -0.0788. The van der Waals surface area contributed by atoms with E-state index in [0.717, 1.165) is 23.6 Å². The van der Waals surface area contributed by atoms with Crippen molar-refractivity contribution in [3.8, 4) is 0 Å². The molecule has 0 saturated carbocycles. The highest BCUT2D eigenvalue weighted by Crippen LogP contribution is 2.15. The first-order chi connectivity index (χ1) is 9.56. The maximum atomic E-state index is 11.9. The van der Waals surface area contributed by atoms with Crippen LogP contribution in [0, 0.1) is 13.8 Å². The van der Waals surface area contributed by atoms with Crippen molar-refractivity contribution in [3.05, 3.63) is 29.8 Å². The molecule has 0 spiro atoms. The number of aromatic amines is 1. The Morgan fingerprint density at radius 2 is 2.30 bits per heavy atom. The first-order valence-electron chi connectivity index (χ1n) is 6.58. The van der Waals surface area contributed by atoms with Crippen LogP contribution in [0.15, 0.2) is 18.5 Å². The number of carbonyl (C=O) groups excluding carboxylic acids is 1. The summed E-state index contributed by atoms with van der Waals surface area (Å²) in [5.41, 5.74) is 2.41. The van der Waals surface area contributed by atoms with Crippen molar-refractivity contribution < 1.29 is 4.79 Å². The fourth-order valence-electron chi connectivity index (χ4n) is 1.94. The van der Waals surface area contributed by atoms with E-state index in [9.17, 15) is 4.79 Å². The number of hydrogen-bond donors (Lipinski definition) is 3. The number of anilines is 1. The smallest absolute Gasteiger partial charge is 0.238 e. The van der Waals surface area contributed by atoms with E-state index in [1.165, 1.54) is 0 Å². The van der Waals surface area contributed by atoms with E-state index in [2.05, 4.69) is 25.9 Å². The van der Waals surface area contributed by atoms with Gasteiger partial charge in [-0.1, -0.05) is 0 Å². The van der Waals surface area contributed by atoms with Crippen LogP contribution in [0.5, 0.6) is 0 Å². The van der Waals surface area contributed by atoms with Gasteiger partial charge in [-0.3, -0.25) is 14.6 Å². The number of nitrogens with one attached hydrogen (secondary N) is 3. The third kappa shape index (κ3) is 3.67. The van der Waals surface area contributed by atoms with Crippen LogP contribution in [0.4, 0.5) is 5.69 Å². The maximum absolute atomic E-state index is 11.9. The summed E-state index contributed by atoms with van der Waals surface area (Å²) in [7, 11) is 0. The van der Waals surface area contributed by atoms with Gasteiger partial charge in [-0.2, -0.15) is 10.2 Å². The molecule has 0 fully saturated rings. The van der Waals surface area contributed by atoms with Crippen LogP contribution in [0.1, 0.15) is 18.3 Å². The highest BCUT2D eigenvalue weighted by atomic mass is 16.1. The molecule has 2 aromatic rings. The van der Waals surface area contributed by atoms with E-state index in [1.54, 1.807) is 6.20 Å². The van der Waals surface area contributed by atoms with Crippen LogP contribution in [0.3, 0.4) is 0 Å². The second kappa shape index (κ2) is 6.33. The zero-order valence-electron chi connectivity index (χ0n) is 12.0. The van der Waals surface area contributed by atoms with E-state index in [0.29, 0.717) is 0 Å². The third-order valence-electron chi connectivity index (χ3n) is 3.02. The molecule has 2 aromatic heterocycles. The highest BCUT2D eigenvalue weighted by molar-refractivity contribution is 5.93. The van der Waals surface area contributed by atoms with E-state index >= 15 is 0 Å². The highest BCUT2D eigenvalue weighted by Gasteiger charge is 2.11. The number of hydrogen-bond acceptors (Lipinski definition) is 4. The van der Waals surface area contributed by atoms with Crippen molar-refractivity contribution in [2.24, 2.45) is 0 Å². The van der Waals surface area contributed by atoms with Gasteiger partial charge < -0.3 is 10.6 Å². The number of aryl methyl sites for hydroxylation is 2. The van der Waals surface area contributed by atoms with E-state index < -0.39 is 0 Å². The van der Waals surface area contributed by atoms with Gasteiger partial charge in [0.05, 0.1) is 30.2 Å². The molecule has 0 saturated heterocycles. The van der Waals surface area contributed by atoms with Crippen molar-refractivity contribution in [1.29, 1.82) is 0 Å². The summed E-state index contributed by atoms with van der Waals surface area (Å²) in [4.78, 5) is 11.9. The molecule has 0 aromatic carbocycles. The Hall–Kier alpha value is -2.15. The number of carbonyl (C=O) groups is 1. The molecular formula is C13H20N6O. The van der Waals surface area contributed by atoms with Crippen molar-refractivity contribution in [1.82, 2.24) is 25.3 Å². The van der Waals surface area contributed by atoms with Crippen LogP contribution >= 0.6 is 0 Å². The van der Waals surface area contributed by atoms with Gasteiger partial charge in [0.2, 0.25) is 5.91 Å². The van der Waals surface area contributed by atoms with Crippen molar-refractivity contribution in [2.45, 2.75) is 33.4 Å². The fourth-order valence-corrected chi connectivity index (χ4v) is 1.94. The Labute approximate surface area is 117 Å². The number of rotatable bonds is 6. The molecule has 108 valence electrons. The van der Waals surface area contributed by atoms with Crippen molar-refractivity contribution >= 4 is 11.6 Å². The van der Waals surface area contributed by atoms with Crippen LogP contribution in [-0.4, -0.2) is 38.5 Å². The van der Waals surface area contributed by atoms with Gasteiger partial charge in [-0.25, -0.2) is 0 Å². The minimum absolute atomic E-state index is 0.0788. The molecule has 0 radical (unpaired) electrons. The summed E-state index contributed by atoms with van der Waals surface area (Å²) in [5, 5.41) is 17.0. The lowest BCUT2D eigenvalue weighted by Crippen LogP contribution is -2.37.